The molecule has 264 valence electrons. The van der Waals surface area contributed by atoms with Gasteiger partial charge in [-0.25, -0.2) is 0 Å². The van der Waals surface area contributed by atoms with Crippen LogP contribution < -0.4 is 16.0 Å². The van der Waals surface area contributed by atoms with E-state index in [1.807, 2.05) is 60.8 Å². The van der Waals surface area contributed by atoms with Crippen molar-refractivity contribution in [1.29, 1.82) is 0 Å². The number of amides is 5. The van der Waals surface area contributed by atoms with E-state index in [2.05, 4.69) is 20.9 Å². The lowest BCUT2D eigenvalue weighted by Crippen LogP contribution is -2.58. The van der Waals surface area contributed by atoms with Gasteiger partial charge in [-0.15, -0.1) is 0 Å². The Hall–Kier alpha value is -5.65. The number of benzene rings is 3. The van der Waals surface area contributed by atoms with E-state index in [0.717, 1.165) is 22.0 Å². The minimum absolute atomic E-state index is 0.0722. The Bertz CT molecular complexity index is 1930. The average molecular weight is 691 g/mol. The Morgan fingerprint density at radius 2 is 1.12 bits per heavy atom. The highest BCUT2D eigenvalue weighted by atomic mass is 16.3. The van der Waals surface area contributed by atoms with Crippen molar-refractivity contribution >= 4 is 40.4 Å². The van der Waals surface area contributed by atoms with E-state index in [-0.39, 0.29) is 25.0 Å². The number of carbonyl (C=O) groups excluding carboxylic acids is 5. The van der Waals surface area contributed by atoms with Gasteiger partial charge in [0.15, 0.2) is 0 Å². The van der Waals surface area contributed by atoms with E-state index in [1.165, 1.54) is 21.9 Å². The first-order chi connectivity index (χ1) is 24.7. The van der Waals surface area contributed by atoms with Crippen molar-refractivity contribution in [3.8, 4) is 5.75 Å². The monoisotopic (exact) mass is 690 g/mol. The van der Waals surface area contributed by atoms with Gasteiger partial charge in [-0.05, 0) is 60.6 Å². The highest BCUT2D eigenvalue weighted by Gasteiger charge is 2.43. The number of rotatable bonds is 6. The number of phenols is 1. The lowest BCUT2D eigenvalue weighted by molar-refractivity contribution is -0.143. The standard InChI is InChI=1S/C39H42N6O6/c46-27-16-14-25(15-17-27)21-32-39(51)44-18-6-12-33(44)36(48)41-30(22-26-23-40-29-11-5-4-10-28(26)29)35(47)42-31(20-24-8-2-1-3-9-24)38(50)45-19-7-13-34(45)37(49)43-32/h1-5,8-11,14-17,23,30-34,40,46H,6-7,12-13,18-22H2,(H,41,48)(H,42,47)(H,43,49)/t30-,31-,32-,33-,34-/m0/s1. The molecule has 4 heterocycles. The van der Waals surface area contributed by atoms with Gasteiger partial charge in [0.05, 0.1) is 0 Å². The van der Waals surface area contributed by atoms with Crippen LogP contribution in [-0.4, -0.2) is 92.7 Å². The van der Waals surface area contributed by atoms with Crippen molar-refractivity contribution in [3.05, 3.63) is 102 Å². The SMILES string of the molecule is O=C1N[C@@H](Cc2ccccc2)C(=O)N2CCC[C@H]2C(=O)N[C@@H](Cc2ccc(O)cc2)C(=O)N2CCC[C@H]2C(=O)N[C@H]1Cc1c[nH]c2ccccc12. The Labute approximate surface area is 295 Å². The van der Waals surface area contributed by atoms with Crippen LogP contribution in [0, 0.1) is 0 Å². The van der Waals surface area contributed by atoms with Crippen LogP contribution in [0.2, 0.25) is 0 Å². The first kappa shape index (κ1) is 33.8. The van der Waals surface area contributed by atoms with Gasteiger partial charge in [0.1, 0.15) is 36.0 Å². The third-order valence-electron chi connectivity index (χ3n) is 10.3. The maximum Gasteiger partial charge on any atom is 0.246 e. The summed E-state index contributed by atoms with van der Waals surface area (Å²) in [5.41, 5.74) is 3.24. The van der Waals surface area contributed by atoms with Gasteiger partial charge in [0, 0.05) is 49.5 Å². The molecule has 3 saturated heterocycles. The molecule has 5 N–H and O–H groups in total. The van der Waals surface area contributed by atoms with Gasteiger partial charge < -0.3 is 35.8 Å². The van der Waals surface area contributed by atoms with Gasteiger partial charge in [0.2, 0.25) is 29.5 Å². The summed E-state index contributed by atoms with van der Waals surface area (Å²) >= 11 is 0. The lowest BCUT2D eigenvalue weighted by atomic mass is 10.0. The van der Waals surface area contributed by atoms with Crippen LogP contribution in [0.5, 0.6) is 5.75 Å². The van der Waals surface area contributed by atoms with Crippen LogP contribution >= 0.6 is 0 Å². The van der Waals surface area contributed by atoms with Crippen molar-refractivity contribution in [3.63, 3.8) is 0 Å². The second kappa shape index (κ2) is 14.7. The van der Waals surface area contributed by atoms with E-state index in [1.54, 1.807) is 12.1 Å². The highest BCUT2D eigenvalue weighted by Crippen LogP contribution is 2.25. The molecule has 0 unspecified atom stereocenters. The fourth-order valence-corrected chi connectivity index (χ4v) is 7.66. The van der Waals surface area contributed by atoms with Gasteiger partial charge in [-0.1, -0.05) is 60.7 Å². The number of nitrogens with zero attached hydrogens (tertiary/aromatic N) is 2. The zero-order chi connectivity index (χ0) is 35.5. The fraction of sp³-hybridized carbons (Fsp3) is 0.359. The molecule has 0 bridgehead atoms. The Morgan fingerprint density at radius 3 is 1.75 bits per heavy atom. The molecule has 4 aromatic rings. The number of nitrogens with one attached hydrogen (secondary N) is 4. The molecule has 1 aromatic heterocycles. The number of aromatic nitrogens is 1. The predicted molar refractivity (Wildman–Crippen MR) is 189 cm³/mol. The summed E-state index contributed by atoms with van der Waals surface area (Å²) in [7, 11) is 0. The third-order valence-corrected chi connectivity index (χ3v) is 10.3. The number of carbonyl (C=O) groups is 5. The van der Waals surface area contributed by atoms with Crippen molar-refractivity contribution in [2.75, 3.05) is 13.1 Å². The fourth-order valence-electron chi connectivity index (χ4n) is 7.66. The average Bonchev–Trinajstić information content (AvgIpc) is 3.92. The molecule has 0 aliphatic carbocycles. The van der Waals surface area contributed by atoms with Gasteiger partial charge in [-0.2, -0.15) is 0 Å². The zero-order valence-electron chi connectivity index (χ0n) is 28.2. The van der Waals surface area contributed by atoms with Crippen LogP contribution in [-0.2, 0) is 43.2 Å². The molecule has 3 aliphatic rings. The van der Waals surface area contributed by atoms with E-state index < -0.39 is 59.7 Å². The third kappa shape index (κ3) is 7.30. The van der Waals surface area contributed by atoms with Crippen molar-refractivity contribution in [1.82, 2.24) is 30.7 Å². The maximum atomic E-state index is 14.4. The molecule has 3 aromatic carbocycles. The molecule has 0 spiro atoms. The molecule has 51 heavy (non-hydrogen) atoms. The quantitative estimate of drug-likeness (QED) is 0.209. The highest BCUT2D eigenvalue weighted by molar-refractivity contribution is 5.99. The second-order valence-corrected chi connectivity index (χ2v) is 13.7. The Morgan fingerprint density at radius 1 is 0.588 bits per heavy atom. The molecule has 0 saturated carbocycles. The zero-order valence-corrected chi connectivity index (χ0v) is 28.2. The number of hydrogen-bond donors (Lipinski definition) is 5. The lowest BCUT2D eigenvalue weighted by Gasteiger charge is -2.31. The molecule has 7 rings (SSSR count). The minimum atomic E-state index is -1.06. The molecule has 5 atom stereocenters. The van der Waals surface area contributed by atoms with Crippen LogP contribution in [0.3, 0.4) is 0 Å². The Kier molecular flexibility index (Phi) is 9.74. The molecule has 0 radical (unpaired) electrons. The molecule has 5 amide bonds. The molecule has 12 heteroatoms. The smallest absolute Gasteiger partial charge is 0.246 e. The van der Waals surface area contributed by atoms with E-state index >= 15 is 0 Å². The summed E-state index contributed by atoms with van der Waals surface area (Å²) in [6.45, 7) is 0.629. The summed E-state index contributed by atoms with van der Waals surface area (Å²) in [6.07, 6.45) is 4.22. The Balaban J connectivity index is 1.27. The van der Waals surface area contributed by atoms with E-state index in [4.69, 9.17) is 0 Å². The summed E-state index contributed by atoms with van der Waals surface area (Å²) in [5.74, 6) is -2.22. The van der Waals surface area contributed by atoms with Crippen LogP contribution in [0.25, 0.3) is 10.9 Å². The summed E-state index contributed by atoms with van der Waals surface area (Å²) in [5, 5.41) is 19.6. The molecule has 3 fully saturated rings. The van der Waals surface area contributed by atoms with Gasteiger partial charge in [0.25, 0.3) is 0 Å². The first-order valence-corrected chi connectivity index (χ1v) is 17.6. The molecular formula is C39H42N6O6. The van der Waals surface area contributed by atoms with Gasteiger partial charge >= 0.3 is 0 Å². The van der Waals surface area contributed by atoms with Gasteiger partial charge in [-0.3, -0.25) is 24.0 Å². The normalized spacial score (nSPS) is 24.7. The van der Waals surface area contributed by atoms with Crippen LogP contribution in [0.1, 0.15) is 42.4 Å². The number of H-pyrrole nitrogens is 1. The topological polar surface area (TPSA) is 164 Å². The maximum absolute atomic E-state index is 14.4. The number of para-hydroxylation sites is 1. The largest absolute Gasteiger partial charge is 0.508 e. The minimum Gasteiger partial charge on any atom is -0.508 e. The summed E-state index contributed by atoms with van der Waals surface area (Å²) in [6, 6.07) is 18.6. The number of aromatic amines is 1. The first-order valence-electron chi connectivity index (χ1n) is 17.6. The molecule has 12 nitrogen and oxygen atoms in total. The van der Waals surface area contributed by atoms with Crippen LogP contribution in [0.15, 0.2) is 85.1 Å². The van der Waals surface area contributed by atoms with Crippen LogP contribution in [0.4, 0.5) is 0 Å². The summed E-state index contributed by atoms with van der Waals surface area (Å²) < 4.78 is 0. The molecule has 3 aliphatic heterocycles. The van der Waals surface area contributed by atoms with Crippen molar-refractivity contribution < 1.29 is 29.1 Å². The summed E-state index contributed by atoms with van der Waals surface area (Å²) in [4.78, 5) is 77.4. The molecular weight excluding hydrogens is 648 g/mol. The van der Waals surface area contributed by atoms with Crippen molar-refractivity contribution in [2.45, 2.75) is 75.2 Å². The second-order valence-electron chi connectivity index (χ2n) is 13.7. The van der Waals surface area contributed by atoms with E-state index in [0.29, 0.717) is 44.3 Å². The number of hydrogen-bond acceptors (Lipinski definition) is 6. The van der Waals surface area contributed by atoms with Crippen molar-refractivity contribution in [2.24, 2.45) is 0 Å². The number of phenolic OH excluding ortho intramolecular Hbond substituents is 1. The predicted octanol–water partition coefficient (Wildman–Crippen LogP) is 2.35. The number of fused-ring (bicyclic) bond motifs is 3. The van der Waals surface area contributed by atoms with E-state index in [9.17, 15) is 29.1 Å². The number of aromatic hydroxyl groups is 1.